The molecule has 0 aliphatic carbocycles. The molecular weight excluding hydrogens is 286 g/mol. The van der Waals surface area contributed by atoms with Crippen LogP contribution < -0.4 is 5.73 Å². The molecule has 2 N–H and O–H groups in total. The van der Waals surface area contributed by atoms with E-state index < -0.39 is 10.0 Å². The molecular formula is C15H25N3O2S. The topological polar surface area (TPSA) is 66.6 Å². The number of nitrogens with zero attached hydrogens (tertiary/aromatic N) is 2. The summed E-state index contributed by atoms with van der Waals surface area (Å²) >= 11 is 0. The molecule has 1 atom stereocenters. The maximum Gasteiger partial charge on any atom is 0.243 e. The smallest absolute Gasteiger partial charge is 0.243 e. The Hall–Kier alpha value is -1.11. The van der Waals surface area contributed by atoms with Gasteiger partial charge in [-0.05, 0) is 38.0 Å². The number of aryl methyl sites for hydroxylation is 1. The number of benzene rings is 1. The third-order valence-corrected chi connectivity index (χ3v) is 6.27. The lowest BCUT2D eigenvalue weighted by atomic mass is 10.2. The van der Waals surface area contributed by atoms with Gasteiger partial charge in [0.2, 0.25) is 10.0 Å². The average Bonchev–Trinajstić information content (AvgIpc) is 2.49. The van der Waals surface area contributed by atoms with Crippen molar-refractivity contribution in [3.05, 3.63) is 23.8 Å². The van der Waals surface area contributed by atoms with Crippen LogP contribution in [0.25, 0.3) is 0 Å². The summed E-state index contributed by atoms with van der Waals surface area (Å²) in [7, 11) is -3.43. The first-order chi connectivity index (χ1) is 9.86. The number of nitrogens with two attached hydrogens (primary N) is 1. The minimum absolute atomic E-state index is 0.294. The van der Waals surface area contributed by atoms with Crippen LogP contribution in [0.1, 0.15) is 25.8 Å². The van der Waals surface area contributed by atoms with Gasteiger partial charge < -0.3 is 5.73 Å². The highest BCUT2D eigenvalue weighted by Crippen LogP contribution is 2.22. The maximum absolute atomic E-state index is 12.6. The Balaban J connectivity index is 2.13. The summed E-state index contributed by atoms with van der Waals surface area (Å²) < 4.78 is 26.9. The molecule has 5 nitrogen and oxygen atoms in total. The molecule has 0 amide bonds. The highest BCUT2D eigenvalue weighted by Gasteiger charge is 2.29. The number of anilines is 1. The van der Waals surface area contributed by atoms with E-state index in [1.807, 2.05) is 6.92 Å². The molecule has 1 fully saturated rings. The second kappa shape index (κ2) is 6.34. The van der Waals surface area contributed by atoms with E-state index in [-0.39, 0.29) is 0 Å². The summed E-state index contributed by atoms with van der Waals surface area (Å²) in [4.78, 5) is 2.64. The second-order valence-electron chi connectivity index (χ2n) is 5.72. The molecule has 1 aliphatic rings. The predicted octanol–water partition coefficient (Wildman–Crippen LogP) is 1.68. The van der Waals surface area contributed by atoms with Crippen LogP contribution in [0.2, 0.25) is 0 Å². The van der Waals surface area contributed by atoms with E-state index in [0.717, 1.165) is 25.1 Å². The Labute approximate surface area is 127 Å². The monoisotopic (exact) mass is 311 g/mol. The molecule has 1 aromatic carbocycles. The molecule has 118 valence electrons. The van der Waals surface area contributed by atoms with Crippen LogP contribution in [0.3, 0.4) is 0 Å². The van der Waals surface area contributed by atoms with Crippen LogP contribution in [0.15, 0.2) is 23.1 Å². The molecule has 21 heavy (non-hydrogen) atoms. The second-order valence-corrected chi connectivity index (χ2v) is 7.65. The van der Waals surface area contributed by atoms with Crippen molar-refractivity contribution in [3.63, 3.8) is 0 Å². The zero-order valence-electron chi connectivity index (χ0n) is 13.0. The third kappa shape index (κ3) is 3.39. The summed E-state index contributed by atoms with van der Waals surface area (Å²) in [5.41, 5.74) is 7.26. The van der Waals surface area contributed by atoms with E-state index in [2.05, 4.69) is 18.7 Å². The van der Waals surface area contributed by atoms with E-state index in [1.54, 1.807) is 22.5 Å². The highest BCUT2D eigenvalue weighted by molar-refractivity contribution is 7.89. The van der Waals surface area contributed by atoms with Crippen molar-refractivity contribution in [2.45, 2.75) is 38.1 Å². The van der Waals surface area contributed by atoms with Gasteiger partial charge >= 0.3 is 0 Å². The first-order valence-electron chi connectivity index (χ1n) is 7.46. The van der Waals surface area contributed by atoms with Gasteiger partial charge in [0.15, 0.2) is 0 Å². The largest absolute Gasteiger partial charge is 0.398 e. The van der Waals surface area contributed by atoms with Crippen LogP contribution in [0.5, 0.6) is 0 Å². The van der Waals surface area contributed by atoms with Crippen molar-refractivity contribution in [2.24, 2.45) is 0 Å². The quantitative estimate of drug-likeness (QED) is 0.859. The maximum atomic E-state index is 12.6. The fourth-order valence-corrected chi connectivity index (χ4v) is 4.03. The first kappa shape index (κ1) is 16.3. The lowest BCUT2D eigenvalue weighted by Gasteiger charge is -2.37. The molecule has 6 heteroatoms. The zero-order valence-corrected chi connectivity index (χ0v) is 13.9. The first-order valence-corrected chi connectivity index (χ1v) is 8.90. The normalized spacial score (nSPS) is 19.6. The van der Waals surface area contributed by atoms with Gasteiger partial charge in [0.05, 0.1) is 4.90 Å². The van der Waals surface area contributed by atoms with Crippen molar-refractivity contribution in [3.8, 4) is 0 Å². The number of rotatable bonds is 4. The van der Waals surface area contributed by atoms with Gasteiger partial charge in [0.1, 0.15) is 0 Å². The van der Waals surface area contributed by atoms with E-state index >= 15 is 0 Å². The average molecular weight is 311 g/mol. The number of nitrogen functional groups attached to an aromatic ring is 1. The minimum Gasteiger partial charge on any atom is -0.398 e. The molecule has 2 rings (SSSR count). The third-order valence-electron chi connectivity index (χ3n) is 4.38. The molecule has 1 unspecified atom stereocenters. The van der Waals surface area contributed by atoms with Crippen molar-refractivity contribution in [1.82, 2.24) is 9.21 Å². The molecule has 0 aromatic heterocycles. The molecule has 1 saturated heterocycles. The van der Waals surface area contributed by atoms with Crippen molar-refractivity contribution >= 4 is 15.7 Å². The Morgan fingerprint density at radius 1 is 1.24 bits per heavy atom. The molecule has 1 aromatic rings. The van der Waals surface area contributed by atoms with Gasteiger partial charge in [0, 0.05) is 37.9 Å². The molecule has 0 spiro atoms. The number of hydrogen-bond acceptors (Lipinski definition) is 4. The van der Waals surface area contributed by atoms with Crippen LogP contribution in [-0.4, -0.2) is 49.8 Å². The van der Waals surface area contributed by atoms with Gasteiger partial charge in [-0.3, -0.25) is 4.90 Å². The van der Waals surface area contributed by atoms with Crippen molar-refractivity contribution < 1.29 is 8.42 Å². The standard InChI is InChI=1S/C15H25N3O2S/c1-4-13(3)17-7-9-18(10-8-17)21(19,20)14-6-5-12(2)15(16)11-14/h5-6,11,13H,4,7-10,16H2,1-3H3. The SMILES string of the molecule is CCC(C)N1CCN(S(=O)(=O)c2ccc(C)c(N)c2)CC1. The zero-order chi connectivity index (χ0) is 15.6. The van der Waals surface area contributed by atoms with Gasteiger partial charge in [0.25, 0.3) is 0 Å². The summed E-state index contributed by atoms with van der Waals surface area (Å²) in [5, 5.41) is 0. The Morgan fingerprint density at radius 3 is 2.38 bits per heavy atom. The molecule has 1 heterocycles. The Bertz CT molecular complexity index is 593. The predicted molar refractivity (Wildman–Crippen MR) is 85.7 cm³/mol. The number of piperazine rings is 1. The van der Waals surface area contributed by atoms with Crippen LogP contribution >= 0.6 is 0 Å². The van der Waals surface area contributed by atoms with Gasteiger partial charge in [-0.2, -0.15) is 4.31 Å². The number of sulfonamides is 1. The highest BCUT2D eigenvalue weighted by atomic mass is 32.2. The molecule has 0 saturated carbocycles. The minimum atomic E-state index is -3.43. The van der Waals surface area contributed by atoms with Gasteiger partial charge in [-0.15, -0.1) is 0 Å². The van der Waals surface area contributed by atoms with Crippen LogP contribution in [0, 0.1) is 6.92 Å². The Morgan fingerprint density at radius 2 is 1.86 bits per heavy atom. The van der Waals surface area contributed by atoms with Crippen molar-refractivity contribution in [2.75, 3.05) is 31.9 Å². The van der Waals surface area contributed by atoms with Crippen LogP contribution in [-0.2, 0) is 10.0 Å². The van der Waals surface area contributed by atoms with E-state index in [4.69, 9.17) is 5.73 Å². The summed E-state index contributed by atoms with van der Waals surface area (Å²) in [6, 6.07) is 5.47. The molecule has 1 aliphatic heterocycles. The van der Waals surface area contributed by atoms with Gasteiger partial charge in [-0.1, -0.05) is 13.0 Å². The van der Waals surface area contributed by atoms with Crippen LogP contribution in [0.4, 0.5) is 5.69 Å². The lowest BCUT2D eigenvalue weighted by Crippen LogP contribution is -2.51. The fourth-order valence-electron chi connectivity index (χ4n) is 2.57. The molecule has 0 bridgehead atoms. The van der Waals surface area contributed by atoms with E-state index in [9.17, 15) is 8.42 Å². The summed E-state index contributed by atoms with van der Waals surface area (Å²) in [6.45, 7) is 8.87. The van der Waals surface area contributed by atoms with Crippen molar-refractivity contribution in [1.29, 1.82) is 0 Å². The lowest BCUT2D eigenvalue weighted by molar-refractivity contribution is 0.142. The molecule has 0 radical (unpaired) electrons. The number of hydrogen-bond donors (Lipinski definition) is 1. The van der Waals surface area contributed by atoms with E-state index in [0.29, 0.717) is 29.7 Å². The Kier molecular flexibility index (Phi) is 4.91. The summed E-state index contributed by atoms with van der Waals surface area (Å²) in [6.07, 6.45) is 1.08. The fraction of sp³-hybridized carbons (Fsp3) is 0.600. The van der Waals surface area contributed by atoms with E-state index in [1.165, 1.54) is 0 Å². The van der Waals surface area contributed by atoms with Gasteiger partial charge in [-0.25, -0.2) is 8.42 Å². The summed E-state index contributed by atoms with van der Waals surface area (Å²) in [5.74, 6) is 0.